The van der Waals surface area contributed by atoms with Crippen molar-refractivity contribution >= 4 is 21.7 Å². The van der Waals surface area contributed by atoms with Crippen LogP contribution in [0.15, 0.2) is 10.7 Å². The maximum absolute atomic E-state index is 5.55. The molecule has 1 aromatic rings. The molecule has 5 heteroatoms. The highest BCUT2D eigenvalue weighted by Gasteiger charge is 2.01. The van der Waals surface area contributed by atoms with Crippen molar-refractivity contribution in [3.05, 3.63) is 10.7 Å². The van der Waals surface area contributed by atoms with Gasteiger partial charge in [-0.3, -0.25) is 4.68 Å². The van der Waals surface area contributed by atoms with E-state index in [0.29, 0.717) is 5.82 Å². The van der Waals surface area contributed by atoms with Crippen LogP contribution >= 0.6 is 15.9 Å². The van der Waals surface area contributed by atoms with Crippen LogP contribution in [0.3, 0.4) is 0 Å². The van der Waals surface area contributed by atoms with Crippen LogP contribution in [-0.4, -0.2) is 35.3 Å². The van der Waals surface area contributed by atoms with Gasteiger partial charge in [-0.2, -0.15) is 5.10 Å². The number of halogens is 1. The minimum Gasteiger partial charge on any atom is -0.381 e. The van der Waals surface area contributed by atoms with Gasteiger partial charge >= 0.3 is 0 Å². The highest BCUT2D eigenvalue weighted by Crippen LogP contribution is 2.15. The normalized spacial score (nSPS) is 11.0. The number of hydrogen-bond acceptors (Lipinski definition) is 3. The van der Waals surface area contributed by atoms with E-state index in [0.717, 1.165) is 17.6 Å². The molecule has 0 amide bonds. The van der Waals surface area contributed by atoms with Crippen LogP contribution in [0.5, 0.6) is 0 Å². The van der Waals surface area contributed by atoms with Crippen LogP contribution in [0.4, 0.5) is 5.82 Å². The average Bonchev–Trinajstić information content (AvgIpc) is 2.28. The smallest absolute Gasteiger partial charge is 0.159 e. The van der Waals surface area contributed by atoms with Gasteiger partial charge in [-0.05, 0) is 30.0 Å². The lowest BCUT2D eigenvalue weighted by molar-refractivity contribution is 0.373. The second-order valence-electron chi connectivity index (χ2n) is 2.93. The largest absolute Gasteiger partial charge is 0.381 e. The summed E-state index contributed by atoms with van der Waals surface area (Å²) < 4.78 is 2.70. The van der Waals surface area contributed by atoms with Gasteiger partial charge in [-0.1, -0.05) is 0 Å². The third-order valence-corrected chi connectivity index (χ3v) is 2.13. The Morgan fingerprint density at radius 3 is 2.75 bits per heavy atom. The first-order chi connectivity index (χ1) is 5.59. The lowest BCUT2D eigenvalue weighted by Crippen LogP contribution is -2.18. The first kappa shape index (κ1) is 9.54. The summed E-state index contributed by atoms with van der Waals surface area (Å²) >= 11 is 3.30. The highest BCUT2D eigenvalue weighted by atomic mass is 79.9. The number of aromatic nitrogens is 2. The molecule has 0 bridgehead atoms. The van der Waals surface area contributed by atoms with E-state index < -0.39 is 0 Å². The molecule has 0 spiro atoms. The van der Waals surface area contributed by atoms with Gasteiger partial charge in [0.2, 0.25) is 0 Å². The van der Waals surface area contributed by atoms with Crippen LogP contribution in [0.1, 0.15) is 0 Å². The van der Waals surface area contributed by atoms with Crippen LogP contribution in [-0.2, 0) is 6.54 Å². The van der Waals surface area contributed by atoms with Crippen LogP contribution in [0.25, 0.3) is 0 Å². The minimum absolute atomic E-state index is 0.550. The van der Waals surface area contributed by atoms with Crippen LogP contribution < -0.4 is 5.73 Å². The van der Waals surface area contributed by atoms with E-state index in [1.807, 2.05) is 25.0 Å². The van der Waals surface area contributed by atoms with Crippen molar-refractivity contribution in [3.63, 3.8) is 0 Å². The zero-order valence-electron chi connectivity index (χ0n) is 7.29. The quantitative estimate of drug-likeness (QED) is 0.839. The minimum atomic E-state index is 0.550. The molecule has 0 atom stereocenters. The number of likely N-dealkylation sites (N-methyl/N-ethyl adjacent to an activating group) is 1. The lowest BCUT2D eigenvalue weighted by atomic mass is 10.6. The number of rotatable bonds is 3. The molecule has 0 aromatic carbocycles. The Hall–Kier alpha value is -0.550. The number of hydrogen-bond donors (Lipinski definition) is 1. The van der Waals surface area contributed by atoms with Gasteiger partial charge in [0.05, 0.1) is 11.0 Å². The van der Waals surface area contributed by atoms with E-state index in [2.05, 4.69) is 25.9 Å². The molecule has 0 radical (unpaired) electrons. The fourth-order valence-electron chi connectivity index (χ4n) is 0.829. The predicted molar refractivity (Wildman–Crippen MR) is 52.9 cm³/mol. The third-order valence-electron chi connectivity index (χ3n) is 1.52. The first-order valence-electron chi connectivity index (χ1n) is 3.73. The molecule has 0 saturated heterocycles. The average molecular weight is 233 g/mol. The van der Waals surface area contributed by atoms with Gasteiger partial charge in [0.25, 0.3) is 0 Å². The molecule has 68 valence electrons. The van der Waals surface area contributed by atoms with Crippen molar-refractivity contribution < 1.29 is 0 Å². The van der Waals surface area contributed by atoms with E-state index in [9.17, 15) is 0 Å². The van der Waals surface area contributed by atoms with Crippen molar-refractivity contribution in [2.75, 3.05) is 26.4 Å². The molecule has 0 fully saturated rings. The van der Waals surface area contributed by atoms with Crippen molar-refractivity contribution in [1.82, 2.24) is 14.7 Å². The molecule has 0 saturated carbocycles. The maximum Gasteiger partial charge on any atom is 0.159 e. The SMILES string of the molecule is CN(C)CCn1cc(Br)c(N)n1. The summed E-state index contributed by atoms with van der Waals surface area (Å²) in [6.07, 6.45) is 1.89. The van der Waals surface area contributed by atoms with E-state index >= 15 is 0 Å². The van der Waals surface area contributed by atoms with Gasteiger partial charge in [0, 0.05) is 12.7 Å². The van der Waals surface area contributed by atoms with E-state index in [4.69, 9.17) is 5.73 Å². The molecule has 1 rings (SSSR count). The fourth-order valence-corrected chi connectivity index (χ4v) is 1.14. The number of nitrogen functional groups attached to an aromatic ring is 1. The summed E-state index contributed by atoms with van der Waals surface area (Å²) in [4.78, 5) is 2.10. The number of anilines is 1. The fraction of sp³-hybridized carbons (Fsp3) is 0.571. The zero-order chi connectivity index (χ0) is 9.14. The summed E-state index contributed by atoms with van der Waals surface area (Å²) in [5.74, 6) is 0.550. The molecule has 0 aliphatic rings. The summed E-state index contributed by atoms with van der Waals surface area (Å²) in [6, 6.07) is 0. The third kappa shape index (κ3) is 2.49. The van der Waals surface area contributed by atoms with Gasteiger partial charge in [0.1, 0.15) is 0 Å². The Bertz CT molecular complexity index is 236. The molecule has 2 N–H and O–H groups in total. The summed E-state index contributed by atoms with van der Waals surface area (Å²) in [6.45, 7) is 1.83. The molecular formula is C7H13BrN4. The molecule has 4 nitrogen and oxygen atoms in total. The van der Waals surface area contributed by atoms with Crippen molar-refractivity contribution in [2.45, 2.75) is 6.54 Å². The summed E-state index contributed by atoms with van der Waals surface area (Å²) in [5.41, 5.74) is 5.55. The number of nitrogens with two attached hydrogens (primary N) is 1. The standard InChI is InChI=1S/C7H13BrN4/c1-11(2)3-4-12-5-6(8)7(9)10-12/h5H,3-4H2,1-2H3,(H2,9,10). The molecular weight excluding hydrogens is 220 g/mol. The molecule has 0 aliphatic heterocycles. The highest BCUT2D eigenvalue weighted by molar-refractivity contribution is 9.10. The summed E-state index contributed by atoms with van der Waals surface area (Å²) in [7, 11) is 4.06. The molecule has 1 heterocycles. The maximum atomic E-state index is 5.55. The van der Waals surface area contributed by atoms with E-state index in [1.54, 1.807) is 0 Å². The predicted octanol–water partition coefficient (Wildman–Crippen LogP) is 0.789. The van der Waals surface area contributed by atoms with Gasteiger partial charge in [-0.25, -0.2) is 0 Å². The van der Waals surface area contributed by atoms with Gasteiger partial charge < -0.3 is 10.6 Å². The topological polar surface area (TPSA) is 47.1 Å². The van der Waals surface area contributed by atoms with Crippen LogP contribution in [0, 0.1) is 0 Å². The Kier molecular flexibility index (Phi) is 3.11. The Morgan fingerprint density at radius 2 is 2.33 bits per heavy atom. The Labute approximate surface area is 80.5 Å². The first-order valence-corrected chi connectivity index (χ1v) is 4.52. The van der Waals surface area contributed by atoms with Crippen molar-refractivity contribution in [3.8, 4) is 0 Å². The number of nitrogens with zero attached hydrogens (tertiary/aromatic N) is 3. The van der Waals surface area contributed by atoms with E-state index in [-0.39, 0.29) is 0 Å². The monoisotopic (exact) mass is 232 g/mol. The molecule has 1 aromatic heterocycles. The molecule has 0 unspecified atom stereocenters. The van der Waals surface area contributed by atoms with Crippen molar-refractivity contribution in [1.29, 1.82) is 0 Å². The Balaban J connectivity index is 2.53. The molecule has 0 aliphatic carbocycles. The zero-order valence-corrected chi connectivity index (χ0v) is 8.87. The lowest BCUT2D eigenvalue weighted by Gasteiger charge is -2.08. The van der Waals surface area contributed by atoms with E-state index in [1.165, 1.54) is 0 Å². The summed E-state index contributed by atoms with van der Waals surface area (Å²) in [5, 5.41) is 4.10. The second kappa shape index (κ2) is 3.91. The van der Waals surface area contributed by atoms with Gasteiger partial charge in [-0.15, -0.1) is 0 Å². The van der Waals surface area contributed by atoms with Crippen LogP contribution in [0.2, 0.25) is 0 Å². The van der Waals surface area contributed by atoms with Gasteiger partial charge in [0.15, 0.2) is 5.82 Å². The van der Waals surface area contributed by atoms with Crippen molar-refractivity contribution in [2.24, 2.45) is 0 Å². The Morgan fingerprint density at radius 1 is 1.67 bits per heavy atom. The molecule has 12 heavy (non-hydrogen) atoms. The second-order valence-corrected chi connectivity index (χ2v) is 3.78.